The van der Waals surface area contributed by atoms with E-state index in [1.165, 1.54) is 6.07 Å². The molecule has 5 heteroatoms. The second-order valence-corrected chi connectivity index (χ2v) is 6.07. The van der Waals surface area contributed by atoms with Crippen LogP contribution < -0.4 is 5.32 Å². The van der Waals surface area contributed by atoms with E-state index >= 15 is 0 Å². The highest BCUT2D eigenvalue weighted by Gasteiger charge is 2.42. The maximum atomic E-state index is 14.3. The molecule has 4 nitrogen and oxygen atoms in total. The molecule has 2 aliphatic rings. The third kappa shape index (κ3) is 2.85. The zero-order valence-corrected chi connectivity index (χ0v) is 12.7. The topological polar surface area (TPSA) is 49.4 Å². The second kappa shape index (κ2) is 6.07. The number of rotatable bonds is 4. The summed E-state index contributed by atoms with van der Waals surface area (Å²) in [6.45, 7) is 2.35. The molecule has 0 spiro atoms. The molecule has 0 bridgehead atoms. The van der Waals surface area contributed by atoms with Gasteiger partial charge in [0.05, 0.1) is 12.0 Å². The molecule has 118 valence electrons. The zero-order chi connectivity index (χ0) is 15.7. The molecule has 1 aromatic rings. The number of hydrogen-bond acceptors (Lipinski definition) is 2. The van der Waals surface area contributed by atoms with Crippen molar-refractivity contribution in [1.29, 1.82) is 0 Å². The van der Waals surface area contributed by atoms with Gasteiger partial charge in [-0.3, -0.25) is 9.59 Å². The summed E-state index contributed by atoms with van der Waals surface area (Å²) >= 11 is 0. The van der Waals surface area contributed by atoms with Crippen LogP contribution in [0.15, 0.2) is 24.3 Å². The lowest BCUT2D eigenvalue weighted by Crippen LogP contribution is -2.48. The van der Waals surface area contributed by atoms with Gasteiger partial charge in [-0.25, -0.2) is 4.39 Å². The van der Waals surface area contributed by atoms with Crippen LogP contribution in [0.3, 0.4) is 0 Å². The van der Waals surface area contributed by atoms with Gasteiger partial charge in [0.15, 0.2) is 0 Å². The number of nitrogens with zero attached hydrogens (tertiary/aromatic N) is 1. The zero-order valence-electron chi connectivity index (χ0n) is 12.7. The Hall–Kier alpha value is -1.91. The van der Waals surface area contributed by atoms with Crippen LogP contribution in [0.2, 0.25) is 0 Å². The number of nitrogens with one attached hydrogen (secondary N) is 1. The smallest absolute Gasteiger partial charge is 0.225 e. The minimum absolute atomic E-state index is 0.00812. The van der Waals surface area contributed by atoms with Crippen LogP contribution in [-0.4, -0.2) is 29.3 Å². The van der Waals surface area contributed by atoms with E-state index in [-0.39, 0.29) is 29.6 Å². The third-order valence-electron chi connectivity index (χ3n) is 4.53. The van der Waals surface area contributed by atoms with E-state index in [9.17, 15) is 14.0 Å². The lowest BCUT2D eigenvalue weighted by atomic mass is 9.83. The van der Waals surface area contributed by atoms with Crippen LogP contribution in [0, 0.1) is 11.7 Å². The molecule has 1 N–H and O–H groups in total. The van der Waals surface area contributed by atoms with E-state index in [1.54, 1.807) is 23.1 Å². The SMILES string of the molecule is CCN1C(=O)CC[C@@H](C(=O)NC2CC2)[C@@H]1c1ccccc1F. The number of likely N-dealkylation sites (tertiary alicyclic amines) is 1. The Bertz CT molecular complexity index is 586. The van der Waals surface area contributed by atoms with Crippen molar-refractivity contribution in [2.45, 2.75) is 44.7 Å². The second-order valence-electron chi connectivity index (χ2n) is 6.07. The van der Waals surface area contributed by atoms with Gasteiger partial charge in [0.25, 0.3) is 0 Å². The Labute approximate surface area is 129 Å². The van der Waals surface area contributed by atoms with Crippen LogP contribution in [0.5, 0.6) is 0 Å². The molecule has 1 aliphatic heterocycles. The van der Waals surface area contributed by atoms with Crippen molar-refractivity contribution in [3.8, 4) is 0 Å². The van der Waals surface area contributed by atoms with Crippen molar-refractivity contribution in [3.05, 3.63) is 35.6 Å². The summed E-state index contributed by atoms with van der Waals surface area (Å²) in [4.78, 5) is 26.4. The van der Waals surface area contributed by atoms with Gasteiger partial charge in [-0.1, -0.05) is 18.2 Å². The Morgan fingerprint density at radius 1 is 1.32 bits per heavy atom. The lowest BCUT2D eigenvalue weighted by Gasteiger charge is -2.40. The minimum Gasteiger partial charge on any atom is -0.353 e. The Morgan fingerprint density at radius 3 is 2.68 bits per heavy atom. The maximum absolute atomic E-state index is 14.3. The van der Waals surface area contributed by atoms with Crippen LogP contribution in [0.25, 0.3) is 0 Å². The Morgan fingerprint density at radius 2 is 2.05 bits per heavy atom. The molecule has 2 amide bonds. The minimum atomic E-state index is -0.508. The number of piperidine rings is 1. The number of halogens is 1. The molecule has 1 aliphatic carbocycles. The van der Waals surface area contributed by atoms with Crippen LogP contribution in [-0.2, 0) is 9.59 Å². The van der Waals surface area contributed by atoms with Gasteiger partial charge < -0.3 is 10.2 Å². The van der Waals surface area contributed by atoms with Crippen molar-refractivity contribution in [3.63, 3.8) is 0 Å². The van der Waals surface area contributed by atoms with Crippen molar-refractivity contribution in [1.82, 2.24) is 10.2 Å². The molecule has 0 aromatic heterocycles. The Balaban J connectivity index is 1.94. The van der Waals surface area contributed by atoms with Gasteiger partial charge in [-0.05, 0) is 32.3 Å². The van der Waals surface area contributed by atoms with E-state index in [0.717, 1.165) is 12.8 Å². The van der Waals surface area contributed by atoms with Crippen molar-refractivity contribution >= 4 is 11.8 Å². The maximum Gasteiger partial charge on any atom is 0.225 e. The molecule has 3 rings (SSSR count). The molecule has 1 heterocycles. The number of amides is 2. The first kappa shape index (κ1) is 15.0. The monoisotopic (exact) mass is 304 g/mol. The fourth-order valence-electron chi connectivity index (χ4n) is 3.24. The highest BCUT2D eigenvalue weighted by Crippen LogP contribution is 2.38. The average Bonchev–Trinajstić information content (AvgIpc) is 3.31. The predicted octanol–water partition coefficient (Wildman–Crippen LogP) is 2.40. The molecule has 2 fully saturated rings. The molecule has 22 heavy (non-hydrogen) atoms. The Kier molecular flexibility index (Phi) is 4.14. The highest BCUT2D eigenvalue weighted by atomic mass is 19.1. The summed E-state index contributed by atoms with van der Waals surface area (Å²) in [6.07, 6.45) is 2.85. The number of hydrogen-bond donors (Lipinski definition) is 1. The van der Waals surface area contributed by atoms with E-state index in [4.69, 9.17) is 0 Å². The fourth-order valence-corrected chi connectivity index (χ4v) is 3.24. The van der Waals surface area contributed by atoms with Crippen LogP contribution >= 0.6 is 0 Å². The molecule has 1 aromatic carbocycles. The summed E-state index contributed by atoms with van der Waals surface area (Å²) in [5, 5.41) is 3.00. The van der Waals surface area contributed by atoms with Gasteiger partial charge in [-0.2, -0.15) is 0 Å². The summed E-state index contributed by atoms with van der Waals surface area (Å²) < 4.78 is 14.3. The van der Waals surface area contributed by atoms with E-state index in [1.807, 2.05) is 6.92 Å². The third-order valence-corrected chi connectivity index (χ3v) is 4.53. The molecule has 0 radical (unpaired) electrons. The molecular formula is C17H21FN2O2. The summed E-state index contributed by atoms with van der Waals surface area (Å²) in [5.74, 6) is -0.798. The van der Waals surface area contributed by atoms with E-state index in [0.29, 0.717) is 24.9 Å². The quantitative estimate of drug-likeness (QED) is 0.928. The standard InChI is InChI=1S/C17H21FN2O2/c1-2-20-15(21)10-9-13(17(22)19-11-7-8-11)16(20)12-5-3-4-6-14(12)18/h3-6,11,13,16H,2,7-10H2,1H3,(H,19,22)/t13-,16+/m1/s1. The highest BCUT2D eigenvalue weighted by molar-refractivity contribution is 5.85. The van der Waals surface area contributed by atoms with Gasteiger partial charge in [-0.15, -0.1) is 0 Å². The first-order valence-electron chi connectivity index (χ1n) is 7.96. The molecule has 2 atom stereocenters. The number of carbonyl (C=O) groups is 2. The summed E-state index contributed by atoms with van der Waals surface area (Å²) in [5.41, 5.74) is 0.438. The van der Waals surface area contributed by atoms with Crippen molar-refractivity contribution < 1.29 is 14.0 Å². The first-order chi connectivity index (χ1) is 10.6. The molecule has 1 saturated heterocycles. The van der Waals surface area contributed by atoms with Crippen LogP contribution in [0.4, 0.5) is 4.39 Å². The van der Waals surface area contributed by atoms with Gasteiger partial charge in [0, 0.05) is 24.6 Å². The average molecular weight is 304 g/mol. The molecular weight excluding hydrogens is 283 g/mol. The largest absolute Gasteiger partial charge is 0.353 e. The lowest BCUT2D eigenvalue weighted by molar-refractivity contribution is -0.143. The number of carbonyl (C=O) groups excluding carboxylic acids is 2. The van der Waals surface area contributed by atoms with Crippen LogP contribution in [0.1, 0.15) is 44.2 Å². The van der Waals surface area contributed by atoms with E-state index < -0.39 is 6.04 Å². The van der Waals surface area contributed by atoms with E-state index in [2.05, 4.69) is 5.32 Å². The summed E-state index contributed by atoms with van der Waals surface area (Å²) in [7, 11) is 0. The predicted molar refractivity (Wildman–Crippen MR) is 80.4 cm³/mol. The van der Waals surface area contributed by atoms with Gasteiger partial charge >= 0.3 is 0 Å². The molecule has 0 unspecified atom stereocenters. The van der Waals surface area contributed by atoms with Crippen molar-refractivity contribution in [2.75, 3.05) is 6.54 Å². The fraction of sp³-hybridized carbons (Fsp3) is 0.529. The molecule has 1 saturated carbocycles. The van der Waals surface area contributed by atoms with Crippen molar-refractivity contribution in [2.24, 2.45) is 5.92 Å². The normalized spacial score (nSPS) is 25.2. The van der Waals surface area contributed by atoms with Gasteiger partial charge in [0.1, 0.15) is 5.82 Å². The number of benzene rings is 1. The first-order valence-corrected chi connectivity index (χ1v) is 7.96. The van der Waals surface area contributed by atoms with Gasteiger partial charge in [0.2, 0.25) is 11.8 Å². The summed E-state index contributed by atoms with van der Waals surface area (Å²) in [6, 6.07) is 6.20.